The van der Waals surface area contributed by atoms with Gasteiger partial charge in [-0.2, -0.15) is 0 Å². The molecule has 2 fully saturated rings. The third kappa shape index (κ3) is 3.02. The van der Waals surface area contributed by atoms with E-state index in [1.807, 2.05) is 0 Å². The molecule has 0 aromatic heterocycles. The van der Waals surface area contributed by atoms with Crippen molar-refractivity contribution in [3.05, 3.63) is 35.9 Å². The predicted octanol–water partition coefficient (Wildman–Crippen LogP) is 3.84. The van der Waals surface area contributed by atoms with Gasteiger partial charge in [0, 0.05) is 19.1 Å². The largest absolute Gasteiger partial charge is 0.388 e. The zero-order valence-electron chi connectivity index (χ0n) is 13.5. The maximum Gasteiger partial charge on any atom is 0.0839 e. The van der Waals surface area contributed by atoms with Crippen molar-refractivity contribution < 1.29 is 5.11 Å². The molecule has 1 N–H and O–H groups in total. The number of hydrogen-bond acceptors (Lipinski definition) is 2. The fourth-order valence-corrected chi connectivity index (χ4v) is 4.38. The van der Waals surface area contributed by atoms with Crippen LogP contribution in [0.25, 0.3) is 0 Å². The lowest BCUT2D eigenvalue weighted by molar-refractivity contribution is -0.0583. The molecule has 2 unspecified atom stereocenters. The highest BCUT2D eigenvalue weighted by Crippen LogP contribution is 2.43. The summed E-state index contributed by atoms with van der Waals surface area (Å²) in [5, 5.41) is 11.3. The van der Waals surface area contributed by atoms with Gasteiger partial charge in [0.25, 0.3) is 0 Å². The van der Waals surface area contributed by atoms with Gasteiger partial charge in [0.2, 0.25) is 0 Å². The van der Waals surface area contributed by atoms with Gasteiger partial charge in [-0.1, -0.05) is 50.1 Å². The van der Waals surface area contributed by atoms with Crippen LogP contribution >= 0.6 is 0 Å². The Bertz CT molecular complexity index is 452. The molecular weight excluding hydrogens is 258 g/mol. The van der Waals surface area contributed by atoms with Gasteiger partial charge >= 0.3 is 0 Å². The van der Waals surface area contributed by atoms with E-state index in [1.165, 1.54) is 31.2 Å². The summed E-state index contributed by atoms with van der Waals surface area (Å²) >= 11 is 0. The Morgan fingerprint density at radius 1 is 1.10 bits per heavy atom. The summed E-state index contributed by atoms with van der Waals surface area (Å²) in [5.74, 6) is 1.35. The molecule has 1 aromatic carbocycles. The Hall–Kier alpha value is -0.860. The van der Waals surface area contributed by atoms with Gasteiger partial charge < -0.3 is 5.11 Å². The molecule has 0 radical (unpaired) electrons. The average molecular weight is 287 g/mol. The second kappa shape index (κ2) is 6.10. The first-order chi connectivity index (χ1) is 10.1. The number of aliphatic hydroxyl groups is 1. The van der Waals surface area contributed by atoms with Crippen LogP contribution in [-0.2, 0) is 6.54 Å². The van der Waals surface area contributed by atoms with Crippen LogP contribution in [0.4, 0.5) is 0 Å². The number of benzene rings is 1. The molecule has 1 aliphatic carbocycles. The number of rotatable bonds is 3. The van der Waals surface area contributed by atoms with E-state index in [0.29, 0.717) is 5.92 Å². The minimum atomic E-state index is -0.463. The van der Waals surface area contributed by atoms with Gasteiger partial charge in [-0.05, 0) is 43.6 Å². The Balaban J connectivity index is 1.66. The molecule has 116 valence electrons. The zero-order valence-corrected chi connectivity index (χ0v) is 13.5. The third-order valence-corrected chi connectivity index (χ3v) is 6.02. The highest BCUT2D eigenvalue weighted by atomic mass is 16.3. The summed E-state index contributed by atoms with van der Waals surface area (Å²) in [5.41, 5.74) is 0.889. The van der Waals surface area contributed by atoms with Crippen LogP contribution < -0.4 is 0 Å². The third-order valence-electron chi connectivity index (χ3n) is 6.02. The maximum atomic E-state index is 11.3. The highest BCUT2D eigenvalue weighted by Gasteiger charge is 2.48. The molecule has 2 heteroatoms. The predicted molar refractivity (Wildman–Crippen MR) is 87.0 cm³/mol. The standard InChI is InChI=1S/C19H29NO/c1-15-8-10-18(11-9-15)19(21)12-13-20(16(19)2)14-17-6-4-3-5-7-17/h3-7,15-16,18,21H,8-14H2,1-2H3. The van der Waals surface area contributed by atoms with Crippen LogP contribution in [0, 0.1) is 11.8 Å². The number of likely N-dealkylation sites (tertiary alicyclic amines) is 1. The van der Waals surface area contributed by atoms with Crippen LogP contribution in [0.5, 0.6) is 0 Å². The van der Waals surface area contributed by atoms with E-state index in [1.54, 1.807) is 0 Å². The molecule has 2 aliphatic rings. The van der Waals surface area contributed by atoms with Gasteiger partial charge in [-0.25, -0.2) is 0 Å². The summed E-state index contributed by atoms with van der Waals surface area (Å²) in [6, 6.07) is 10.9. The topological polar surface area (TPSA) is 23.5 Å². The average Bonchev–Trinajstić information content (AvgIpc) is 2.79. The minimum Gasteiger partial charge on any atom is -0.388 e. The minimum absolute atomic E-state index is 0.274. The van der Waals surface area contributed by atoms with E-state index in [0.717, 1.165) is 25.4 Å². The van der Waals surface area contributed by atoms with Crippen molar-refractivity contribution in [3.8, 4) is 0 Å². The van der Waals surface area contributed by atoms with E-state index >= 15 is 0 Å². The summed E-state index contributed by atoms with van der Waals surface area (Å²) in [4.78, 5) is 2.47. The number of hydrogen-bond donors (Lipinski definition) is 1. The van der Waals surface area contributed by atoms with E-state index in [2.05, 4.69) is 49.1 Å². The van der Waals surface area contributed by atoms with Gasteiger partial charge in [0.15, 0.2) is 0 Å². The summed E-state index contributed by atoms with van der Waals surface area (Å²) in [6.07, 6.45) is 5.94. The van der Waals surface area contributed by atoms with Gasteiger partial charge in [-0.15, -0.1) is 0 Å². The molecule has 1 aromatic rings. The smallest absolute Gasteiger partial charge is 0.0839 e. The molecule has 1 saturated carbocycles. The van der Waals surface area contributed by atoms with E-state index in [4.69, 9.17) is 0 Å². The first-order valence-corrected chi connectivity index (χ1v) is 8.60. The molecule has 21 heavy (non-hydrogen) atoms. The van der Waals surface area contributed by atoms with E-state index < -0.39 is 5.60 Å². The highest BCUT2D eigenvalue weighted by molar-refractivity contribution is 5.15. The Morgan fingerprint density at radius 3 is 2.43 bits per heavy atom. The van der Waals surface area contributed by atoms with Crippen LogP contribution in [0.1, 0.15) is 51.5 Å². The van der Waals surface area contributed by atoms with Crippen LogP contribution in [0.3, 0.4) is 0 Å². The molecule has 0 spiro atoms. The Labute approximate surface area is 129 Å². The fourth-order valence-electron chi connectivity index (χ4n) is 4.38. The molecule has 1 saturated heterocycles. The molecule has 1 aliphatic heterocycles. The van der Waals surface area contributed by atoms with Crippen molar-refractivity contribution in [3.63, 3.8) is 0 Å². The molecule has 2 atom stereocenters. The second-order valence-electron chi connectivity index (χ2n) is 7.33. The van der Waals surface area contributed by atoms with Crippen molar-refractivity contribution in [2.24, 2.45) is 11.8 Å². The maximum absolute atomic E-state index is 11.3. The second-order valence-corrected chi connectivity index (χ2v) is 7.33. The Kier molecular flexibility index (Phi) is 4.37. The van der Waals surface area contributed by atoms with Crippen molar-refractivity contribution in [1.29, 1.82) is 0 Å². The van der Waals surface area contributed by atoms with Gasteiger partial charge in [0.05, 0.1) is 5.60 Å². The molecule has 2 nitrogen and oxygen atoms in total. The zero-order chi connectivity index (χ0) is 14.9. The van der Waals surface area contributed by atoms with E-state index in [9.17, 15) is 5.11 Å². The quantitative estimate of drug-likeness (QED) is 0.913. The van der Waals surface area contributed by atoms with Crippen molar-refractivity contribution >= 4 is 0 Å². The summed E-state index contributed by atoms with van der Waals surface area (Å²) in [6.45, 7) is 6.57. The molecule has 0 amide bonds. The van der Waals surface area contributed by atoms with Crippen LogP contribution in [0.2, 0.25) is 0 Å². The van der Waals surface area contributed by atoms with Crippen molar-refractivity contribution in [2.75, 3.05) is 6.54 Å². The normalized spacial score (nSPS) is 37.8. The summed E-state index contributed by atoms with van der Waals surface area (Å²) in [7, 11) is 0. The lowest BCUT2D eigenvalue weighted by atomic mass is 9.71. The fraction of sp³-hybridized carbons (Fsp3) is 0.684. The monoisotopic (exact) mass is 287 g/mol. The summed E-state index contributed by atoms with van der Waals surface area (Å²) < 4.78 is 0. The van der Waals surface area contributed by atoms with Gasteiger partial charge in [-0.3, -0.25) is 4.90 Å². The van der Waals surface area contributed by atoms with E-state index in [-0.39, 0.29) is 6.04 Å². The molecule has 1 heterocycles. The first kappa shape index (κ1) is 15.1. The number of nitrogens with zero attached hydrogens (tertiary/aromatic N) is 1. The van der Waals surface area contributed by atoms with Crippen LogP contribution in [0.15, 0.2) is 30.3 Å². The van der Waals surface area contributed by atoms with Crippen LogP contribution in [-0.4, -0.2) is 28.2 Å². The Morgan fingerprint density at radius 2 is 1.76 bits per heavy atom. The lowest BCUT2D eigenvalue weighted by Gasteiger charge is -2.41. The molecule has 0 bridgehead atoms. The first-order valence-electron chi connectivity index (χ1n) is 8.60. The lowest BCUT2D eigenvalue weighted by Crippen LogP contribution is -2.48. The van der Waals surface area contributed by atoms with Crippen molar-refractivity contribution in [1.82, 2.24) is 4.90 Å². The SMILES string of the molecule is CC1CCC(C2(O)CCN(Cc3ccccc3)C2C)CC1. The van der Waals surface area contributed by atoms with Gasteiger partial charge in [0.1, 0.15) is 0 Å². The van der Waals surface area contributed by atoms with Crippen molar-refractivity contribution in [2.45, 2.75) is 64.1 Å². The molecule has 3 rings (SSSR count). The molecular formula is C19H29NO.